The van der Waals surface area contributed by atoms with Crippen LogP contribution in [0.2, 0.25) is 0 Å². The Kier molecular flexibility index (Phi) is 2.92. The number of fused-ring (bicyclic) bond motifs is 1. The van der Waals surface area contributed by atoms with Crippen molar-refractivity contribution >= 4 is 21.4 Å². The van der Waals surface area contributed by atoms with Crippen LogP contribution < -0.4 is 0 Å². The van der Waals surface area contributed by atoms with Crippen LogP contribution >= 0.6 is 15.9 Å². The predicted octanol–water partition coefficient (Wildman–Crippen LogP) is 2.91. The van der Waals surface area contributed by atoms with Gasteiger partial charge in [0.05, 0.1) is 11.7 Å². The van der Waals surface area contributed by atoms with Gasteiger partial charge in [0.1, 0.15) is 5.82 Å². The highest BCUT2D eigenvalue weighted by Crippen LogP contribution is 2.27. The van der Waals surface area contributed by atoms with Gasteiger partial charge in [0, 0.05) is 23.1 Å². The summed E-state index contributed by atoms with van der Waals surface area (Å²) in [4.78, 5) is 7.09. The number of hydrogen-bond donors (Lipinski definition) is 0. The van der Waals surface area contributed by atoms with E-state index in [1.165, 1.54) is 24.3 Å². The van der Waals surface area contributed by atoms with Crippen molar-refractivity contribution in [1.29, 1.82) is 0 Å². The number of likely N-dealkylation sites (N-methyl/N-ethyl adjacent to an activating group) is 1. The minimum atomic E-state index is 0.576. The van der Waals surface area contributed by atoms with E-state index in [-0.39, 0.29) is 0 Å². The molecule has 0 bridgehead atoms. The number of halogens is 1. The van der Waals surface area contributed by atoms with Crippen LogP contribution in [-0.2, 0) is 0 Å². The Balaban J connectivity index is 1.98. The molecule has 0 aromatic carbocycles. The topological polar surface area (TPSA) is 20.5 Å². The molecule has 1 fully saturated rings. The number of rotatable bonds is 2. The summed E-state index contributed by atoms with van der Waals surface area (Å²) in [6.07, 6.45) is 5.31. The Morgan fingerprint density at radius 2 is 2.35 bits per heavy atom. The van der Waals surface area contributed by atoms with Crippen LogP contribution in [-0.4, -0.2) is 33.9 Å². The highest BCUT2D eigenvalue weighted by molar-refractivity contribution is 9.10. The quantitative estimate of drug-likeness (QED) is 0.849. The molecule has 0 radical (unpaired) electrons. The SMILES string of the molecule is CCN1CCC(c2ncc3ccc(Br)cn23)C1. The van der Waals surface area contributed by atoms with E-state index in [1.54, 1.807) is 0 Å². The number of nitrogens with zero attached hydrogens (tertiary/aromatic N) is 3. The smallest absolute Gasteiger partial charge is 0.117 e. The van der Waals surface area contributed by atoms with Gasteiger partial charge in [-0.2, -0.15) is 0 Å². The fourth-order valence-electron chi connectivity index (χ4n) is 2.62. The summed E-state index contributed by atoms with van der Waals surface area (Å²) in [5.74, 6) is 1.78. The lowest BCUT2D eigenvalue weighted by molar-refractivity contribution is 0.352. The molecular weight excluding hydrogens is 278 g/mol. The highest BCUT2D eigenvalue weighted by Gasteiger charge is 2.25. The fraction of sp³-hybridized carbons (Fsp3) is 0.462. The van der Waals surface area contributed by atoms with Crippen LogP contribution in [0.15, 0.2) is 29.0 Å². The molecule has 0 spiro atoms. The summed E-state index contributed by atoms with van der Waals surface area (Å²) in [7, 11) is 0. The third-order valence-corrected chi connectivity index (χ3v) is 4.07. The van der Waals surface area contributed by atoms with Crippen LogP contribution in [0.4, 0.5) is 0 Å². The van der Waals surface area contributed by atoms with Gasteiger partial charge in [-0.05, 0) is 47.6 Å². The molecule has 0 amide bonds. The normalized spacial score (nSPS) is 21.4. The van der Waals surface area contributed by atoms with Crippen LogP contribution in [0.25, 0.3) is 5.52 Å². The minimum Gasteiger partial charge on any atom is -0.303 e. The molecule has 3 rings (SSSR count). The second-order valence-corrected chi connectivity index (χ2v) is 5.55. The first-order chi connectivity index (χ1) is 8.28. The second-order valence-electron chi connectivity index (χ2n) is 4.64. The third-order valence-electron chi connectivity index (χ3n) is 3.60. The molecule has 1 saturated heterocycles. The van der Waals surface area contributed by atoms with E-state index in [9.17, 15) is 0 Å². The molecule has 1 aliphatic rings. The highest BCUT2D eigenvalue weighted by atomic mass is 79.9. The molecule has 0 aliphatic carbocycles. The Morgan fingerprint density at radius 3 is 3.12 bits per heavy atom. The van der Waals surface area contributed by atoms with Crippen LogP contribution in [0.5, 0.6) is 0 Å². The van der Waals surface area contributed by atoms with Crippen molar-refractivity contribution in [3.05, 3.63) is 34.8 Å². The summed E-state index contributed by atoms with van der Waals surface area (Å²) in [6, 6.07) is 4.17. The number of likely N-dealkylation sites (tertiary alicyclic amines) is 1. The van der Waals surface area contributed by atoms with E-state index in [0.29, 0.717) is 5.92 Å². The van der Waals surface area contributed by atoms with Crippen LogP contribution in [0, 0.1) is 0 Å². The number of pyridine rings is 1. The standard InChI is InChI=1S/C13H16BrN3/c1-2-16-6-5-10(8-16)13-15-7-12-4-3-11(14)9-17(12)13/h3-4,7,9-10H,2,5-6,8H2,1H3. The number of hydrogen-bond acceptors (Lipinski definition) is 2. The third kappa shape index (κ3) is 2.00. The summed E-state index contributed by atoms with van der Waals surface area (Å²) < 4.78 is 3.32. The first-order valence-corrected chi connectivity index (χ1v) is 6.92. The van der Waals surface area contributed by atoms with Crippen molar-refractivity contribution in [2.45, 2.75) is 19.3 Å². The zero-order valence-electron chi connectivity index (χ0n) is 9.93. The number of imidazole rings is 1. The fourth-order valence-corrected chi connectivity index (χ4v) is 2.95. The first kappa shape index (κ1) is 11.2. The van der Waals surface area contributed by atoms with Gasteiger partial charge in [0.15, 0.2) is 0 Å². The van der Waals surface area contributed by atoms with E-state index in [0.717, 1.165) is 17.6 Å². The molecule has 0 N–H and O–H groups in total. The van der Waals surface area contributed by atoms with Gasteiger partial charge in [0.25, 0.3) is 0 Å². The monoisotopic (exact) mass is 293 g/mol. The first-order valence-electron chi connectivity index (χ1n) is 6.13. The van der Waals surface area contributed by atoms with Gasteiger partial charge < -0.3 is 9.30 Å². The van der Waals surface area contributed by atoms with Gasteiger partial charge in [0.2, 0.25) is 0 Å². The lowest BCUT2D eigenvalue weighted by atomic mass is 10.1. The van der Waals surface area contributed by atoms with E-state index < -0.39 is 0 Å². The molecule has 1 atom stereocenters. The van der Waals surface area contributed by atoms with Gasteiger partial charge in [-0.3, -0.25) is 0 Å². The zero-order chi connectivity index (χ0) is 11.8. The Bertz CT molecular complexity index is 534. The van der Waals surface area contributed by atoms with Crippen molar-refractivity contribution in [1.82, 2.24) is 14.3 Å². The maximum Gasteiger partial charge on any atom is 0.117 e. The van der Waals surface area contributed by atoms with Crippen molar-refractivity contribution in [2.75, 3.05) is 19.6 Å². The number of aromatic nitrogens is 2. The minimum absolute atomic E-state index is 0.576. The summed E-state index contributed by atoms with van der Waals surface area (Å²) in [5.41, 5.74) is 1.18. The van der Waals surface area contributed by atoms with Crippen molar-refractivity contribution in [3.8, 4) is 0 Å². The molecular formula is C13H16BrN3. The van der Waals surface area contributed by atoms with E-state index in [4.69, 9.17) is 0 Å². The molecule has 0 saturated carbocycles. The maximum atomic E-state index is 4.60. The molecule has 2 aromatic rings. The Morgan fingerprint density at radius 1 is 1.47 bits per heavy atom. The lowest BCUT2D eigenvalue weighted by Crippen LogP contribution is -2.19. The van der Waals surface area contributed by atoms with Crippen molar-refractivity contribution < 1.29 is 0 Å². The molecule has 1 aliphatic heterocycles. The van der Waals surface area contributed by atoms with Crippen LogP contribution in [0.1, 0.15) is 25.1 Å². The molecule has 3 nitrogen and oxygen atoms in total. The Hall–Kier alpha value is -0.870. The van der Waals surface area contributed by atoms with E-state index >= 15 is 0 Å². The summed E-state index contributed by atoms with van der Waals surface area (Å²) in [5, 5.41) is 0. The summed E-state index contributed by atoms with van der Waals surface area (Å²) in [6.45, 7) is 5.71. The average molecular weight is 294 g/mol. The average Bonchev–Trinajstić information content (AvgIpc) is 2.93. The zero-order valence-corrected chi connectivity index (χ0v) is 11.5. The van der Waals surface area contributed by atoms with E-state index in [1.807, 2.05) is 6.20 Å². The molecule has 2 aromatic heterocycles. The molecule has 17 heavy (non-hydrogen) atoms. The van der Waals surface area contributed by atoms with Crippen molar-refractivity contribution in [2.24, 2.45) is 0 Å². The second kappa shape index (κ2) is 4.42. The van der Waals surface area contributed by atoms with Gasteiger partial charge >= 0.3 is 0 Å². The van der Waals surface area contributed by atoms with Gasteiger partial charge in [-0.1, -0.05) is 6.92 Å². The Labute approximate surface area is 110 Å². The van der Waals surface area contributed by atoms with Crippen LogP contribution in [0.3, 0.4) is 0 Å². The predicted molar refractivity (Wildman–Crippen MR) is 72.4 cm³/mol. The summed E-state index contributed by atoms with van der Waals surface area (Å²) >= 11 is 3.53. The molecule has 3 heterocycles. The lowest BCUT2D eigenvalue weighted by Gasteiger charge is -2.12. The van der Waals surface area contributed by atoms with E-state index in [2.05, 4.69) is 55.5 Å². The van der Waals surface area contributed by atoms with Gasteiger partial charge in [-0.15, -0.1) is 0 Å². The van der Waals surface area contributed by atoms with Crippen molar-refractivity contribution in [3.63, 3.8) is 0 Å². The molecule has 90 valence electrons. The maximum absolute atomic E-state index is 4.60. The molecule has 4 heteroatoms. The van der Waals surface area contributed by atoms with Gasteiger partial charge in [-0.25, -0.2) is 4.98 Å². The largest absolute Gasteiger partial charge is 0.303 e. The molecule has 1 unspecified atom stereocenters.